The molecule has 2 saturated carbocycles. The molecule has 2 fully saturated rings. The summed E-state index contributed by atoms with van der Waals surface area (Å²) in [4.78, 5) is 24.8. The van der Waals surface area contributed by atoms with Gasteiger partial charge in [0.15, 0.2) is 0 Å². The number of carboxylic acids is 1. The molecule has 2 aliphatic carbocycles. The molecule has 0 radical (unpaired) electrons. The van der Waals surface area contributed by atoms with Crippen LogP contribution in [0.15, 0.2) is 0 Å². The van der Waals surface area contributed by atoms with Crippen LogP contribution in [0.25, 0.3) is 0 Å². The van der Waals surface area contributed by atoms with E-state index in [1.54, 1.807) is 4.90 Å². The molecule has 0 aromatic heterocycles. The van der Waals surface area contributed by atoms with Crippen LogP contribution >= 0.6 is 0 Å². The Hall–Kier alpha value is -1.77. The molecule has 6 heteroatoms. The number of nitrogens with zero attached hydrogens (tertiary/aromatic N) is 2. The van der Waals surface area contributed by atoms with Crippen molar-refractivity contribution in [2.24, 2.45) is 0 Å². The van der Waals surface area contributed by atoms with Crippen molar-refractivity contribution in [1.29, 1.82) is 5.26 Å². The second kappa shape index (κ2) is 5.47. The lowest BCUT2D eigenvalue weighted by Gasteiger charge is -2.42. The van der Waals surface area contributed by atoms with E-state index < -0.39 is 11.5 Å². The van der Waals surface area contributed by atoms with Crippen LogP contribution in [0, 0.1) is 11.3 Å². The summed E-state index contributed by atoms with van der Waals surface area (Å²) in [7, 11) is 0. The van der Waals surface area contributed by atoms with Crippen LogP contribution in [-0.4, -0.2) is 40.1 Å². The lowest BCUT2D eigenvalue weighted by molar-refractivity contribution is -0.139. The van der Waals surface area contributed by atoms with Crippen molar-refractivity contribution in [3.63, 3.8) is 0 Å². The van der Waals surface area contributed by atoms with Gasteiger partial charge in [0, 0.05) is 12.6 Å². The van der Waals surface area contributed by atoms with Gasteiger partial charge in [0.25, 0.3) is 0 Å². The van der Waals surface area contributed by atoms with Crippen molar-refractivity contribution < 1.29 is 14.7 Å². The molecule has 0 bridgehead atoms. The number of carbonyl (C=O) groups is 2. The monoisotopic (exact) mass is 265 g/mol. The Labute approximate surface area is 112 Å². The highest BCUT2D eigenvalue weighted by molar-refractivity contribution is 5.77. The molecule has 6 nitrogen and oxygen atoms in total. The molecule has 0 spiro atoms. The van der Waals surface area contributed by atoms with Crippen LogP contribution < -0.4 is 5.32 Å². The van der Waals surface area contributed by atoms with E-state index in [1.165, 1.54) is 0 Å². The first-order chi connectivity index (χ1) is 9.06. The summed E-state index contributed by atoms with van der Waals surface area (Å²) in [6.07, 6.45) is 4.65. The first kappa shape index (κ1) is 13.7. The Balaban J connectivity index is 1.93. The van der Waals surface area contributed by atoms with E-state index in [9.17, 15) is 9.59 Å². The smallest absolute Gasteiger partial charge is 0.318 e. The fraction of sp³-hybridized carbons (Fsp3) is 0.769. The third-order valence-corrected chi connectivity index (χ3v) is 3.89. The van der Waals surface area contributed by atoms with Gasteiger partial charge in [0.05, 0.1) is 24.4 Å². The van der Waals surface area contributed by atoms with Gasteiger partial charge in [-0.25, -0.2) is 4.79 Å². The number of carbonyl (C=O) groups excluding carboxylic acids is 1. The Bertz CT molecular complexity index is 408. The average Bonchev–Trinajstić information content (AvgIpc) is 3.10. The maximum atomic E-state index is 12.2. The summed E-state index contributed by atoms with van der Waals surface area (Å²) in [5.74, 6) is -0.880. The van der Waals surface area contributed by atoms with Crippen molar-refractivity contribution in [3.05, 3.63) is 0 Å². The summed E-state index contributed by atoms with van der Waals surface area (Å²) < 4.78 is 0. The van der Waals surface area contributed by atoms with Crippen molar-refractivity contribution in [3.8, 4) is 6.07 Å². The number of amides is 2. The second-order valence-corrected chi connectivity index (χ2v) is 5.47. The molecule has 2 rings (SSSR count). The molecule has 2 aliphatic rings. The number of nitriles is 1. The Kier molecular flexibility index (Phi) is 3.93. The zero-order chi connectivity index (χ0) is 13.9. The number of carboxylic acid groups (broad SMARTS) is 1. The molecule has 0 aromatic carbocycles. The molecule has 104 valence electrons. The molecule has 0 atom stereocenters. The number of hydrogen-bond donors (Lipinski definition) is 2. The number of nitrogens with one attached hydrogen (secondary N) is 1. The van der Waals surface area contributed by atoms with Gasteiger partial charge in [-0.2, -0.15) is 5.26 Å². The predicted octanol–water partition coefficient (Wildman–Crippen LogP) is 1.47. The van der Waals surface area contributed by atoms with E-state index >= 15 is 0 Å². The number of hydrogen-bond acceptors (Lipinski definition) is 3. The van der Waals surface area contributed by atoms with Gasteiger partial charge in [-0.1, -0.05) is 0 Å². The largest absolute Gasteiger partial charge is 0.481 e. The molecule has 2 amide bonds. The summed E-state index contributed by atoms with van der Waals surface area (Å²) in [6.45, 7) is 0.427. The molecule has 19 heavy (non-hydrogen) atoms. The van der Waals surface area contributed by atoms with E-state index in [-0.39, 0.29) is 18.5 Å². The number of urea groups is 1. The van der Waals surface area contributed by atoms with Gasteiger partial charge >= 0.3 is 12.0 Å². The summed E-state index contributed by atoms with van der Waals surface area (Å²) in [6, 6.07) is 2.07. The van der Waals surface area contributed by atoms with Crippen molar-refractivity contribution in [2.45, 2.75) is 56.5 Å². The minimum Gasteiger partial charge on any atom is -0.481 e. The molecule has 0 aliphatic heterocycles. The maximum Gasteiger partial charge on any atom is 0.318 e. The summed E-state index contributed by atoms with van der Waals surface area (Å²) in [5, 5.41) is 20.4. The van der Waals surface area contributed by atoms with E-state index in [2.05, 4.69) is 5.32 Å². The summed E-state index contributed by atoms with van der Waals surface area (Å²) >= 11 is 0. The van der Waals surface area contributed by atoms with Crippen LogP contribution in [-0.2, 0) is 4.79 Å². The second-order valence-electron chi connectivity index (χ2n) is 5.47. The Morgan fingerprint density at radius 3 is 2.53 bits per heavy atom. The molecular formula is C13H19N3O3. The zero-order valence-corrected chi connectivity index (χ0v) is 10.9. The Morgan fingerprint density at radius 2 is 2.11 bits per heavy atom. The minimum absolute atomic E-state index is 0.0184. The lowest BCUT2D eigenvalue weighted by atomic mass is 9.74. The maximum absolute atomic E-state index is 12.2. The fourth-order valence-corrected chi connectivity index (χ4v) is 2.54. The van der Waals surface area contributed by atoms with E-state index in [1.807, 2.05) is 6.07 Å². The van der Waals surface area contributed by atoms with Gasteiger partial charge in [-0.05, 0) is 32.1 Å². The molecule has 0 saturated heterocycles. The van der Waals surface area contributed by atoms with Crippen molar-refractivity contribution in [1.82, 2.24) is 10.2 Å². The van der Waals surface area contributed by atoms with Crippen LogP contribution in [0.3, 0.4) is 0 Å². The predicted molar refractivity (Wildman–Crippen MR) is 67.3 cm³/mol. The van der Waals surface area contributed by atoms with E-state index in [0.29, 0.717) is 13.0 Å². The normalized spacial score (nSPS) is 19.9. The lowest BCUT2D eigenvalue weighted by Crippen LogP contribution is -2.58. The van der Waals surface area contributed by atoms with Crippen LogP contribution in [0.4, 0.5) is 4.79 Å². The number of rotatable bonds is 6. The molecule has 0 heterocycles. The first-order valence-corrected chi connectivity index (χ1v) is 6.74. The van der Waals surface area contributed by atoms with Gasteiger partial charge in [0.2, 0.25) is 0 Å². The summed E-state index contributed by atoms with van der Waals surface area (Å²) in [5.41, 5.74) is -0.567. The van der Waals surface area contributed by atoms with Gasteiger partial charge < -0.3 is 15.3 Å². The number of aliphatic carboxylic acids is 1. The fourth-order valence-electron chi connectivity index (χ4n) is 2.54. The first-order valence-electron chi connectivity index (χ1n) is 6.74. The highest BCUT2D eigenvalue weighted by Crippen LogP contribution is 2.36. The van der Waals surface area contributed by atoms with Crippen LogP contribution in [0.1, 0.15) is 44.9 Å². The SMILES string of the molecule is N#CCCN(C(=O)NC1(CC(=O)O)CCC1)C1CC1. The average molecular weight is 265 g/mol. The highest BCUT2D eigenvalue weighted by atomic mass is 16.4. The molecule has 0 unspecified atom stereocenters. The molecular weight excluding hydrogens is 246 g/mol. The quantitative estimate of drug-likeness (QED) is 0.760. The van der Waals surface area contributed by atoms with Crippen LogP contribution in [0.2, 0.25) is 0 Å². The van der Waals surface area contributed by atoms with Gasteiger partial charge in [-0.15, -0.1) is 0 Å². The standard InChI is InChI=1S/C13H19N3O3/c14-7-2-8-16(10-3-4-10)12(19)15-13(5-1-6-13)9-11(17)18/h10H,1-6,8-9H2,(H,15,19)(H,17,18). The van der Waals surface area contributed by atoms with Crippen LogP contribution in [0.5, 0.6) is 0 Å². The van der Waals surface area contributed by atoms with E-state index in [4.69, 9.17) is 10.4 Å². The highest BCUT2D eigenvalue weighted by Gasteiger charge is 2.42. The van der Waals surface area contributed by atoms with Crippen molar-refractivity contribution in [2.75, 3.05) is 6.54 Å². The topological polar surface area (TPSA) is 93.4 Å². The molecule has 0 aromatic rings. The van der Waals surface area contributed by atoms with E-state index in [0.717, 1.165) is 32.1 Å². The minimum atomic E-state index is -0.880. The molecule has 2 N–H and O–H groups in total. The van der Waals surface area contributed by atoms with Gasteiger partial charge in [-0.3, -0.25) is 4.79 Å². The van der Waals surface area contributed by atoms with Crippen molar-refractivity contribution >= 4 is 12.0 Å². The Morgan fingerprint density at radius 1 is 1.42 bits per heavy atom. The zero-order valence-electron chi connectivity index (χ0n) is 10.9. The van der Waals surface area contributed by atoms with Gasteiger partial charge in [0.1, 0.15) is 0 Å². The third kappa shape index (κ3) is 3.37. The third-order valence-electron chi connectivity index (χ3n) is 3.89.